The Hall–Kier alpha value is -2.41. The number of esters is 1. The third kappa shape index (κ3) is 3.98. The first-order valence-corrected chi connectivity index (χ1v) is 10.2. The molecule has 1 aliphatic carbocycles. The van der Waals surface area contributed by atoms with Crippen molar-refractivity contribution in [3.8, 4) is 17.0 Å². The molecule has 1 fully saturated rings. The van der Waals surface area contributed by atoms with Crippen LogP contribution >= 0.6 is 11.3 Å². The van der Waals surface area contributed by atoms with E-state index in [4.69, 9.17) is 9.47 Å². The number of anilines is 1. The highest BCUT2D eigenvalue weighted by Crippen LogP contribution is 2.36. The van der Waals surface area contributed by atoms with Crippen LogP contribution < -0.4 is 9.64 Å². The third-order valence-corrected chi connectivity index (χ3v) is 5.76. The first-order chi connectivity index (χ1) is 13.1. The van der Waals surface area contributed by atoms with Gasteiger partial charge in [-0.15, -0.1) is 11.3 Å². The third-order valence-electron chi connectivity index (χ3n) is 5.18. The van der Waals surface area contributed by atoms with Gasteiger partial charge >= 0.3 is 5.97 Å². The molecule has 142 valence electrons. The molecule has 0 N–H and O–H groups in total. The number of carbonyl (C=O) groups is 2. The number of ether oxygens (including phenoxy) is 2. The van der Waals surface area contributed by atoms with Crippen molar-refractivity contribution in [1.82, 2.24) is 4.98 Å². The Labute approximate surface area is 162 Å². The molecule has 4 rings (SSSR count). The van der Waals surface area contributed by atoms with Crippen molar-refractivity contribution in [1.29, 1.82) is 0 Å². The van der Waals surface area contributed by atoms with Gasteiger partial charge in [-0.1, -0.05) is 6.92 Å². The van der Waals surface area contributed by atoms with Crippen LogP contribution in [0.2, 0.25) is 0 Å². The Balaban J connectivity index is 1.50. The minimum Gasteiger partial charge on any atom is -0.482 e. The molecule has 1 amide bonds. The molecule has 1 saturated carbocycles. The van der Waals surface area contributed by atoms with Crippen LogP contribution in [0.1, 0.15) is 32.6 Å². The van der Waals surface area contributed by atoms with E-state index < -0.39 is 0 Å². The molecule has 0 saturated heterocycles. The van der Waals surface area contributed by atoms with Gasteiger partial charge < -0.3 is 9.47 Å². The predicted molar refractivity (Wildman–Crippen MR) is 103 cm³/mol. The van der Waals surface area contributed by atoms with E-state index in [0.29, 0.717) is 17.4 Å². The zero-order chi connectivity index (χ0) is 18.8. The Morgan fingerprint density at radius 1 is 1.33 bits per heavy atom. The van der Waals surface area contributed by atoms with Crippen molar-refractivity contribution in [2.45, 2.75) is 38.7 Å². The molecule has 0 radical (unpaired) electrons. The number of nitrogens with zero attached hydrogens (tertiary/aromatic N) is 2. The second-order valence-corrected chi connectivity index (χ2v) is 7.92. The fourth-order valence-corrected chi connectivity index (χ4v) is 4.15. The number of amides is 1. The fraction of sp³-hybridized carbons (Fsp3) is 0.450. The molecular formula is C20H22N2O4S. The number of benzene rings is 1. The van der Waals surface area contributed by atoms with E-state index in [2.05, 4.69) is 11.9 Å². The van der Waals surface area contributed by atoms with Crippen LogP contribution in [0.4, 0.5) is 5.69 Å². The molecular weight excluding hydrogens is 364 g/mol. The second kappa shape index (κ2) is 7.68. The summed E-state index contributed by atoms with van der Waals surface area (Å²) in [6.45, 7) is 2.06. The van der Waals surface area contributed by atoms with E-state index in [1.807, 2.05) is 23.6 Å². The standard InChI is InChI=1S/C20H22N2O4S/c1-13-2-5-15(6-3-13)26-20(24)9-22-17-8-14(16-11-27-12-21-16)4-7-18(17)25-10-19(22)23/h4,7-8,11-13,15H,2-3,5-6,9-10H2,1H3. The predicted octanol–water partition coefficient (Wildman–Crippen LogP) is 3.66. The number of aromatic nitrogens is 1. The molecule has 2 aliphatic rings. The number of thiazole rings is 1. The van der Waals surface area contributed by atoms with Gasteiger partial charge in [0.15, 0.2) is 6.61 Å². The molecule has 27 heavy (non-hydrogen) atoms. The van der Waals surface area contributed by atoms with E-state index in [-0.39, 0.29) is 31.1 Å². The average molecular weight is 386 g/mol. The second-order valence-electron chi connectivity index (χ2n) is 7.20. The van der Waals surface area contributed by atoms with Crippen molar-refractivity contribution in [2.24, 2.45) is 5.92 Å². The molecule has 2 heterocycles. The van der Waals surface area contributed by atoms with Crippen LogP contribution in [-0.2, 0) is 14.3 Å². The SMILES string of the molecule is CC1CCC(OC(=O)CN2C(=O)COc3ccc(-c4cscn4)cc32)CC1. The van der Waals surface area contributed by atoms with Crippen molar-refractivity contribution in [3.63, 3.8) is 0 Å². The normalized spacial score (nSPS) is 22.1. The summed E-state index contributed by atoms with van der Waals surface area (Å²) in [5.74, 6) is 0.673. The van der Waals surface area contributed by atoms with E-state index in [0.717, 1.165) is 36.9 Å². The highest BCUT2D eigenvalue weighted by molar-refractivity contribution is 7.07. The largest absolute Gasteiger partial charge is 0.482 e. The summed E-state index contributed by atoms with van der Waals surface area (Å²) in [4.78, 5) is 30.6. The van der Waals surface area contributed by atoms with Crippen molar-refractivity contribution in [2.75, 3.05) is 18.1 Å². The Bertz CT molecular complexity index is 829. The minimum absolute atomic E-state index is 0.0364. The average Bonchev–Trinajstić information content (AvgIpc) is 3.20. The lowest BCUT2D eigenvalue weighted by Gasteiger charge is -2.30. The van der Waals surface area contributed by atoms with Gasteiger partial charge in [-0.2, -0.15) is 0 Å². The Kier molecular flexibility index (Phi) is 5.11. The van der Waals surface area contributed by atoms with E-state index >= 15 is 0 Å². The molecule has 1 aromatic carbocycles. The van der Waals surface area contributed by atoms with E-state index in [1.165, 1.54) is 16.2 Å². The smallest absolute Gasteiger partial charge is 0.326 e. The Morgan fingerprint density at radius 3 is 2.89 bits per heavy atom. The molecule has 6 nitrogen and oxygen atoms in total. The van der Waals surface area contributed by atoms with Crippen LogP contribution in [0, 0.1) is 5.92 Å². The lowest BCUT2D eigenvalue weighted by Crippen LogP contribution is -2.43. The topological polar surface area (TPSA) is 68.7 Å². The molecule has 7 heteroatoms. The highest BCUT2D eigenvalue weighted by atomic mass is 32.1. The van der Waals surface area contributed by atoms with Crippen LogP contribution in [0.5, 0.6) is 5.75 Å². The summed E-state index contributed by atoms with van der Waals surface area (Å²) in [6.07, 6.45) is 3.91. The zero-order valence-electron chi connectivity index (χ0n) is 15.2. The van der Waals surface area contributed by atoms with Crippen LogP contribution in [-0.4, -0.2) is 36.1 Å². The van der Waals surface area contributed by atoms with Crippen LogP contribution in [0.25, 0.3) is 11.3 Å². The fourth-order valence-electron chi connectivity index (χ4n) is 3.59. The maximum absolute atomic E-state index is 12.5. The minimum atomic E-state index is -0.366. The summed E-state index contributed by atoms with van der Waals surface area (Å²) in [6, 6.07) is 5.57. The maximum Gasteiger partial charge on any atom is 0.326 e. The van der Waals surface area contributed by atoms with Gasteiger partial charge in [-0.25, -0.2) is 4.98 Å². The lowest BCUT2D eigenvalue weighted by atomic mass is 9.89. The number of hydrogen-bond donors (Lipinski definition) is 0. The van der Waals surface area contributed by atoms with Gasteiger partial charge in [0.25, 0.3) is 5.91 Å². The van der Waals surface area contributed by atoms with Crippen LogP contribution in [0.3, 0.4) is 0 Å². The molecule has 0 spiro atoms. The van der Waals surface area contributed by atoms with Crippen molar-refractivity contribution in [3.05, 3.63) is 29.1 Å². The lowest BCUT2D eigenvalue weighted by molar-refractivity contribution is -0.150. The van der Waals surface area contributed by atoms with Gasteiger partial charge in [0, 0.05) is 10.9 Å². The summed E-state index contributed by atoms with van der Waals surface area (Å²) in [7, 11) is 0. The zero-order valence-corrected chi connectivity index (χ0v) is 16.0. The molecule has 0 atom stereocenters. The highest BCUT2D eigenvalue weighted by Gasteiger charge is 2.30. The summed E-state index contributed by atoms with van der Waals surface area (Å²) >= 11 is 1.51. The first-order valence-electron chi connectivity index (χ1n) is 9.25. The summed E-state index contributed by atoms with van der Waals surface area (Å²) in [5.41, 5.74) is 4.06. The number of fused-ring (bicyclic) bond motifs is 1. The number of rotatable bonds is 4. The van der Waals surface area contributed by atoms with Crippen molar-refractivity contribution < 1.29 is 19.1 Å². The van der Waals surface area contributed by atoms with Gasteiger partial charge in [0.2, 0.25) is 0 Å². The quantitative estimate of drug-likeness (QED) is 0.750. The van der Waals surface area contributed by atoms with Gasteiger partial charge in [0.1, 0.15) is 18.4 Å². The molecule has 0 bridgehead atoms. The number of hydrogen-bond acceptors (Lipinski definition) is 6. The Morgan fingerprint density at radius 2 is 2.15 bits per heavy atom. The molecule has 0 unspecified atom stereocenters. The van der Waals surface area contributed by atoms with Crippen LogP contribution in [0.15, 0.2) is 29.1 Å². The number of carbonyl (C=O) groups excluding carboxylic acids is 2. The van der Waals surface area contributed by atoms with Crippen molar-refractivity contribution >= 4 is 28.9 Å². The molecule has 1 aliphatic heterocycles. The van der Waals surface area contributed by atoms with Gasteiger partial charge in [-0.05, 0) is 49.8 Å². The summed E-state index contributed by atoms with van der Waals surface area (Å²) < 4.78 is 11.1. The summed E-state index contributed by atoms with van der Waals surface area (Å²) in [5, 5.41) is 1.94. The first kappa shape index (κ1) is 18.0. The van der Waals surface area contributed by atoms with Gasteiger partial charge in [-0.3, -0.25) is 14.5 Å². The monoisotopic (exact) mass is 386 g/mol. The van der Waals surface area contributed by atoms with Gasteiger partial charge in [0.05, 0.1) is 16.9 Å². The van der Waals surface area contributed by atoms with E-state index in [1.54, 1.807) is 5.51 Å². The van der Waals surface area contributed by atoms with E-state index in [9.17, 15) is 9.59 Å². The molecule has 2 aromatic rings. The maximum atomic E-state index is 12.5. The molecule has 1 aromatic heterocycles.